The lowest BCUT2D eigenvalue weighted by atomic mass is 9.84. The van der Waals surface area contributed by atoms with E-state index >= 15 is 0 Å². The van der Waals surface area contributed by atoms with Gasteiger partial charge in [0.1, 0.15) is 0 Å². The first-order valence-electron chi connectivity index (χ1n) is 6.15. The minimum absolute atomic E-state index is 0.928. The first-order chi connectivity index (χ1) is 6.15. The summed E-state index contributed by atoms with van der Waals surface area (Å²) in [5.41, 5.74) is 0. The summed E-state index contributed by atoms with van der Waals surface area (Å²) < 4.78 is 0. The van der Waals surface area contributed by atoms with Crippen molar-refractivity contribution in [2.45, 2.75) is 66.7 Å². The van der Waals surface area contributed by atoms with Crippen LogP contribution in [0.4, 0.5) is 0 Å². The highest BCUT2D eigenvalue weighted by Gasteiger charge is 2.13. The van der Waals surface area contributed by atoms with Crippen molar-refractivity contribution in [2.24, 2.45) is 17.8 Å². The van der Waals surface area contributed by atoms with E-state index in [-0.39, 0.29) is 0 Å². The smallest absolute Gasteiger partial charge is 0.0394 e. The molecule has 0 rings (SSSR count). The molecule has 0 heterocycles. The van der Waals surface area contributed by atoms with Crippen LogP contribution < -0.4 is 0 Å². The second-order valence-electron chi connectivity index (χ2n) is 4.64. The zero-order valence-electron chi connectivity index (χ0n) is 10.3. The van der Waals surface area contributed by atoms with Gasteiger partial charge in [-0.15, -0.1) is 0 Å². The fourth-order valence-corrected chi connectivity index (χ4v) is 2.08. The van der Waals surface area contributed by atoms with Crippen LogP contribution in [0.2, 0.25) is 0 Å². The Morgan fingerprint density at radius 2 is 1.31 bits per heavy atom. The van der Waals surface area contributed by atoms with Gasteiger partial charge in [-0.05, 0) is 17.8 Å². The van der Waals surface area contributed by atoms with Gasteiger partial charge in [0.25, 0.3) is 0 Å². The lowest BCUT2D eigenvalue weighted by molar-refractivity contribution is 0.294. The Labute approximate surface area is 85.1 Å². The third-order valence-electron chi connectivity index (χ3n) is 3.67. The van der Waals surface area contributed by atoms with Gasteiger partial charge in [0.15, 0.2) is 0 Å². The zero-order chi connectivity index (χ0) is 10.3. The van der Waals surface area contributed by atoms with Crippen LogP contribution >= 0.6 is 0 Å². The van der Waals surface area contributed by atoms with Gasteiger partial charge in [-0.3, -0.25) is 0 Å². The molecule has 0 radical (unpaired) electrons. The number of hydrogen-bond donors (Lipinski definition) is 0. The molecule has 0 aliphatic heterocycles. The van der Waals surface area contributed by atoms with Crippen LogP contribution in [-0.2, 0) is 0 Å². The summed E-state index contributed by atoms with van der Waals surface area (Å²) in [5, 5.41) is 0. The normalized spacial score (nSPS) is 16.2. The fraction of sp³-hybridized carbons (Fsp3) is 1.00. The van der Waals surface area contributed by atoms with Crippen LogP contribution in [0.15, 0.2) is 0 Å². The second kappa shape index (κ2) is 7.41. The predicted octanol–water partition coefficient (Wildman–Crippen LogP) is 4.89. The van der Waals surface area contributed by atoms with E-state index in [1.807, 2.05) is 0 Å². The minimum Gasteiger partial charge on any atom is -0.0651 e. The van der Waals surface area contributed by atoms with E-state index in [2.05, 4.69) is 34.6 Å². The van der Waals surface area contributed by atoms with Gasteiger partial charge in [-0.2, -0.15) is 0 Å². The first kappa shape index (κ1) is 13.0. The molecule has 0 aromatic carbocycles. The summed E-state index contributed by atoms with van der Waals surface area (Å²) >= 11 is 0. The minimum atomic E-state index is 0.928. The quantitative estimate of drug-likeness (QED) is 0.528. The molecule has 0 fully saturated rings. The highest BCUT2D eigenvalue weighted by molar-refractivity contribution is 4.65. The second-order valence-corrected chi connectivity index (χ2v) is 4.64. The molecule has 0 spiro atoms. The third-order valence-corrected chi connectivity index (χ3v) is 3.67. The summed E-state index contributed by atoms with van der Waals surface area (Å²) in [7, 11) is 0. The number of hydrogen-bond acceptors (Lipinski definition) is 0. The van der Waals surface area contributed by atoms with Gasteiger partial charge in [-0.1, -0.05) is 66.7 Å². The van der Waals surface area contributed by atoms with Crippen molar-refractivity contribution in [3.05, 3.63) is 0 Å². The van der Waals surface area contributed by atoms with Gasteiger partial charge in [0.2, 0.25) is 0 Å². The number of rotatable bonds is 7. The molecule has 13 heavy (non-hydrogen) atoms. The molecule has 80 valence electrons. The molecular weight excluding hydrogens is 156 g/mol. The van der Waals surface area contributed by atoms with Gasteiger partial charge in [-0.25, -0.2) is 0 Å². The Bertz CT molecular complexity index is 103. The maximum Gasteiger partial charge on any atom is -0.0394 e. The van der Waals surface area contributed by atoms with Crippen molar-refractivity contribution >= 4 is 0 Å². The van der Waals surface area contributed by atoms with Gasteiger partial charge < -0.3 is 0 Å². The third kappa shape index (κ3) is 5.33. The summed E-state index contributed by atoms with van der Waals surface area (Å²) in [6, 6.07) is 0. The Hall–Kier alpha value is 0. The molecule has 0 aromatic rings. The predicted molar refractivity (Wildman–Crippen MR) is 61.9 cm³/mol. The van der Waals surface area contributed by atoms with Crippen LogP contribution in [0.3, 0.4) is 0 Å². The van der Waals surface area contributed by atoms with E-state index < -0.39 is 0 Å². The average Bonchev–Trinajstić information content (AvgIpc) is 2.16. The van der Waals surface area contributed by atoms with Crippen molar-refractivity contribution in [3.8, 4) is 0 Å². The van der Waals surface area contributed by atoms with Gasteiger partial charge in [0, 0.05) is 0 Å². The van der Waals surface area contributed by atoms with Crippen LogP contribution in [0.5, 0.6) is 0 Å². The Kier molecular flexibility index (Phi) is 7.41. The molecule has 0 N–H and O–H groups in total. The molecule has 0 aromatic heterocycles. The van der Waals surface area contributed by atoms with Crippen molar-refractivity contribution in [1.29, 1.82) is 0 Å². The average molecular weight is 184 g/mol. The van der Waals surface area contributed by atoms with E-state index in [0.717, 1.165) is 17.8 Å². The van der Waals surface area contributed by atoms with Crippen LogP contribution in [-0.4, -0.2) is 0 Å². The van der Waals surface area contributed by atoms with E-state index in [9.17, 15) is 0 Å². The Balaban J connectivity index is 3.65. The van der Waals surface area contributed by atoms with E-state index in [0.29, 0.717) is 0 Å². The topological polar surface area (TPSA) is 0 Å². The monoisotopic (exact) mass is 184 g/mol. The van der Waals surface area contributed by atoms with Crippen LogP contribution in [0.1, 0.15) is 66.7 Å². The molecular formula is C13H28. The Morgan fingerprint density at radius 3 is 1.69 bits per heavy atom. The standard InChI is InChI=1S/C13H28/c1-6-11(4)9-10-12(5)13(7-2)8-3/h11-13H,6-10H2,1-5H3. The van der Waals surface area contributed by atoms with Gasteiger partial charge >= 0.3 is 0 Å². The van der Waals surface area contributed by atoms with Crippen molar-refractivity contribution in [3.63, 3.8) is 0 Å². The lowest BCUT2D eigenvalue weighted by Gasteiger charge is -2.22. The van der Waals surface area contributed by atoms with Crippen molar-refractivity contribution < 1.29 is 0 Å². The molecule has 0 aliphatic carbocycles. The molecule has 0 saturated heterocycles. The van der Waals surface area contributed by atoms with E-state index in [1.54, 1.807) is 0 Å². The van der Waals surface area contributed by atoms with E-state index in [4.69, 9.17) is 0 Å². The molecule has 0 amide bonds. The molecule has 2 atom stereocenters. The summed E-state index contributed by atoms with van der Waals surface area (Å²) in [6.07, 6.45) is 6.92. The molecule has 0 heteroatoms. The molecule has 0 nitrogen and oxygen atoms in total. The summed E-state index contributed by atoms with van der Waals surface area (Å²) in [6.45, 7) is 11.8. The first-order valence-corrected chi connectivity index (χ1v) is 6.15. The van der Waals surface area contributed by atoms with Crippen LogP contribution in [0.25, 0.3) is 0 Å². The summed E-state index contributed by atoms with van der Waals surface area (Å²) in [5.74, 6) is 2.82. The molecule has 0 saturated carbocycles. The molecule has 0 bridgehead atoms. The van der Waals surface area contributed by atoms with Gasteiger partial charge in [0.05, 0.1) is 0 Å². The molecule has 0 aliphatic rings. The summed E-state index contributed by atoms with van der Waals surface area (Å²) in [4.78, 5) is 0. The van der Waals surface area contributed by atoms with Crippen molar-refractivity contribution in [1.82, 2.24) is 0 Å². The maximum atomic E-state index is 2.43. The highest BCUT2D eigenvalue weighted by atomic mass is 14.2. The van der Waals surface area contributed by atoms with E-state index in [1.165, 1.54) is 32.1 Å². The maximum absolute atomic E-state index is 2.43. The SMILES string of the molecule is CCC(C)CCC(C)C(CC)CC. The highest BCUT2D eigenvalue weighted by Crippen LogP contribution is 2.25. The molecule has 2 unspecified atom stereocenters. The fourth-order valence-electron chi connectivity index (χ4n) is 2.08. The van der Waals surface area contributed by atoms with Crippen molar-refractivity contribution in [2.75, 3.05) is 0 Å². The zero-order valence-corrected chi connectivity index (χ0v) is 10.3. The largest absolute Gasteiger partial charge is 0.0651 e. The lowest BCUT2D eigenvalue weighted by Crippen LogP contribution is -2.11. The van der Waals surface area contributed by atoms with Crippen LogP contribution in [0, 0.1) is 17.8 Å². The Morgan fingerprint density at radius 1 is 0.769 bits per heavy atom.